The molecule has 0 fully saturated rings. The largest absolute Gasteiger partial charge is 0.508 e. The van der Waals surface area contributed by atoms with Crippen molar-refractivity contribution in [2.45, 2.75) is 12.6 Å². The van der Waals surface area contributed by atoms with Crippen LogP contribution in [-0.2, 0) is 12.6 Å². The van der Waals surface area contributed by atoms with Crippen LogP contribution >= 0.6 is 0 Å². The molecule has 0 unspecified atom stereocenters. The molecule has 2 rings (SSSR count). The molecule has 0 aromatic heterocycles. The Bertz CT molecular complexity index is 627. The van der Waals surface area contributed by atoms with Gasteiger partial charge in [-0.3, -0.25) is 0 Å². The highest BCUT2D eigenvalue weighted by molar-refractivity contribution is 5.49. The van der Waals surface area contributed by atoms with Gasteiger partial charge in [0.15, 0.2) is 0 Å². The Balaban J connectivity index is 2.07. The lowest BCUT2D eigenvalue weighted by atomic mass is 10.1. The Labute approximate surface area is 119 Å². The van der Waals surface area contributed by atoms with E-state index in [2.05, 4.69) is 0 Å². The lowest BCUT2D eigenvalue weighted by Crippen LogP contribution is -2.11. The number of alkyl halides is 3. The molecule has 0 bridgehead atoms. The number of phenolic OH excluding ortho intramolecular Hbond substituents is 1. The highest BCUT2D eigenvalue weighted by atomic mass is 19.4. The van der Waals surface area contributed by atoms with Crippen LogP contribution in [0.1, 0.15) is 11.1 Å². The topological polar surface area (TPSA) is 55.5 Å². The summed E-state index contributed by atoms with van der Waals surface area (Å²) in [6.07, 6.45) is -4.13. The number of benzene rings is 2. The minimum atomic E-state index is -4.52. The Hall–Kier alpha value is -2.37. The van der Waals surface area contributed by atoms with Crippen LogP contribution in [0, 0.1) is 0 Å². The molecule has 0 radical (unpaired) electrons. The first kappa shape index (κ1) is 15.0. The fourth-order valence-electron chi connectivity index (χ4n) is 1.89. The van der Waals surface area contributed by atoms with E-state index in [0.717, 1.165) is 11.6 Å². The maximum absolute atomic E-state index is 12.9. The Morgan fingerprint density at radius 2 is 1.86 bits per heavy atom. The lowest BCUT2D eigenvalue weighted by Gasteiger charge is -2.14. The first-order valence-electron chi connectivity index (χ1n) is 6.23. The molecule has 112 valence electrons. The fourth-order valence-corrected chi connectivity index (χ4v) is 1.89. The van der Waals surface area contributed by atoms with Crippen molar-refractivity contribution >= 4 is 5.69 Å². The van der Waals surface area contributed by atoms with Gasteiger partial charge >= 0.3 is 6.18 Å². The second-order valence-corrected chi connectivity index (χ2v) is 4.52. The molecule has 6 heteroatoms. The average Bonchev–Trinajstić information content (AvgIpc) is 2.39. The highest BCUT2D eigenvalue weighted by Crippen LogP contribution is 2.37. The number of nitrogen functional groups attached to an aromatic ring is 1. The van der Waals surface area contributed by atoms with Gasteiger partial charge in [-0.2, -0.15) is 13.2 Å². The van der Waals surface area contributed by atoms with Crippen LogP contribution in [-0.4, -0.2) is 11.7 Å². The van der Waals surface area contributed by atoms with E-state index in [1.165, 1.54) is 24.3 Å². The van der Waals surface area contributed by atoms with Crippen LogP contribution in [0.3, 0.4) is 0 Å². The summed E-state index contributed by atoms with van der Waals surface area (Å²) in [6, 6.07) is 9.90. The van der Waals surface area contributed by atoms with E-state index in [4.69, 9.17) is 10.5 Å². The number of ether oxygens (including phenoxy) is 1. The van der Waals surface area contributed by atoms with E-state index >= 15 is 0 Å². The average molecular weight is 297 g/mol. The van der Waals surface area contributed by atoms with E-state index in [-0.39, 0.29) is 23.8 Å². The van der Waals surface area contributed by atoms with Crippen molar-refractivity contribution in [2.24, 2.45) is 0 Å². The summed E-state index contributed by atoms with van der Waals surface area (Å²) in [6.45, 7) is 0.0659. The molecule has 21 heavy (non-hydrogen) atoms. The summed E-state index contributed by atoms with van der Waals surface area (Å²) >= 11 is 0. The molecular weight excluding hydrogens is 283 g/mol. The van der Waals surface area contributed by atoms with Gasteiger partial charge in [0.05, 0.1) is 12.2 Å². The summed E-state index contributed by atoms with van der Waals surface area (Å²) < 4.78 is 43.8. The summed E-state index contributed by atoms with van der Waals surface area (Å²) in [5.41, 5.74) is 5.29. The van der Waals surface area contributed by atoms with Crippen molar-refractivity contribution in [3.8, 4) is 11.5 Å². The van der Waals surface area contributed by atoms with Crippen LogP contribution in [0.25, 0.3) is 0 Å². The van der Waals surface area contributed by atoms with Gasteiger partial charge in [-0.1, -0.05) is 12.1 Å². The highest BCUT2D eigenvalue weighted by Gasteiger charge is 2.34. The molecule has 0 amide bonds. The minimum Gasteiger partial charge on any atom is -0.508 e. The molecule has 0 saturated carbocycles. The van der Waals surface area contributed by atoms with Crippen molar-refractivity contribution in [2.75, 3.05) is 12.3 Å². The molecule has 0 saturated heterocycles. The monoisotopic (exact) mass is 297 g/mol. The summed E-state index contributed by atoms with van der Waals surface area (Å²) in [5.74, 6) is -0.146. The molecular formula is C15H14F3NO2. The van der Waals surface area contributed by atoms with E-state index < -0.39 is 11.7 Å². The van der Waals surface area contributed by atoms with Gasteiger partial charge in [-0.15, -0.1) is 0 Å². The number of nitrogens with two attached hydrogens (primary N) is 1. The maximum Gasteiger partial charge on any atom is 0.420 e. The van der Waals surface area contributed by atoms with Gasteiger partial charge in [0, 0.05) is 12.1 Å². The number of hydrogen-bond donors (Lipinski definition) is 2. The first-order valence-corrected chi connectivity index (χ1v) is 6.23. The van der Waals surface area contributed by atoms with Crippen molar-refractivity contribution in [3.63, 3.8) is 0 Å². The van der Waals surface area contributed by atoms with Gasteiger partial charge < -0.3 is 15.6 Å². The first-order chi connectivity index (χ1) is 9.86. The molecule has 3 nitrogen and oxygen atoms in total. The molecule has 0 aliphatic heterocycles. The number of hydrogen-bond acceptors (Lipinski definition) is 3. The maximum atomic E-state index is 12.9. The summed E-state index contributed by atoms with van der Waals surface area (Å²) in [7, 11) is 0. The van der Waals surface area contributed by atoms with Crippen LogP contribution < -0.4 is 10.5 Å². The van der Waals surface area contributed by atoms with Gasteiger partial charge in [-0.25, -0.2) is 0 Å². The molecule has 0 spiro atoms. The molecule has 0 heterocycles. The molecule has 0 aliphatic carbocycles. The Kier molecular flexibility index (Phi) is 4.26. The van der Waals surface area contributed by atoms with E-state index in [0.29, 0.717) is 6.42 Å². The van der Waals surface area contributed by atoms with Crippen molar-refractivity contribution < 1.29 is 23.0 Å². The smallest absolute Gasteiger partial charge is 0.420 e. The van der Waals surface area contributed by atoms with Crippen molar-refractivity contribution in [1.82, 2.24) is 0 Å². The standard InChI is InChI=1S/C15H14F3NO2/c16-15(17,18)13-9-11(19)4-5-14(13)21-7-6-10-2-1-3-12(20)8-10/h1-5,8-9,20H,6-7,19H2. The van der Waals surface area contributed by atoms with Gasteiger partial charge in [-0.05, 0) is 35.9 Å². The second kappa shape index (κ2) is 5.95. The van der Waals surface area contributed by atoms with Crippen LogP contribution in [0.5, 0.6) is 11.5 Å². The van der Waals surface area contributed by atoms with Crippen LogP contribution in [0.2, 0.25) is 0 Å². The molecule has 0 atom stereocenters. The predicted octanol–water partition coefficient (Wildman–Crippen LogP) is 3.61. The molecule has 2 aromatic rings. The zero-order chi connectivity index (χ0) is 15.5. The van der Waals surface area contributed by atoms with E-state index in [9.17, 15) is 18.3 Å². The third-order valence-electron chi connectivity index (χ3n) is 2.87. The SMILES string of the molecule is Nc1ccc(OCCc2cccc(O)c2)c(C(F)(F)F)c1. The number of halogens is 3. The Morgan fingerprint density at radius 1 is 1.10 bits per heavy atom. The quantitative estimate of drug-likeness (QED) is 0.848. The lowest BCUT2D eigenvalue weighted by molar-refractivity contribution is -0.138. The molecule has 3 N–H and O–H groups in total. The van der Waals surface area contributed by atoms with Gasteiger partial charge in [0.1, 0.15) is 11.5 Å². The second-order valence-electron chi connectivity index (χ2n) is 4.52. The number of aromatic hydroxyl groups is 1. The minimum absolute atomic E-state index is 0.0302. The van der Waals surface area contributed by atoms with Crippen molar-refractivity contribution in [3.05, 3.63) is 53.6 Å². The van der Waals surface area contributed by atoms with E-state index in [1.807, 2.05) is 0 Å². The summed E-state index contributed by atoms with van der Waals surface area (Å²) in [5, 5.41) is 9.31. The zero-order valence-electron chi connectivity index (χ0n) is 11.0. The number of phenols is 1. The normalized spacial score (nSPS) is 11.4. The van der Waals surface area contributed by atoms with Crippen LogP contribution in [0.4, 0.5) is 18.9 Å². The molecule has 2 aromatic carbocycles. The van der Waals surface area contributed by atoms with Crippen LogP contribution in [0.15, 0.2) is 42.5 Å². The van der Waals surface area contributed by atoms with Gasteiger partial charge in [0.25, 0.3) is 0 Å². The van der Waals surface area contributed by atoms with Gasteiger partial charge in [0.2, 0.25) is 0 Å². The zero-order valence-corrected chi connectivity index (χ0v) is 11.0. The fraction of sp³-hybridized carbons (Fsp3) is 0.200. The summed E-state index contributed by atoms with van der Waals surface area (Å²) in [4.78, 5) is 0. The van der Waals surface area contributed by atoms with Crippen molar-refractivity contribution in [1.29, 1.82) is 0 Å². The third-order valence-corrected chi connectivity index (χ3v) is 2.87. The number of anilines is 1. The molecule has 0 aliphatic rings. The number of rotatable bonds is 4. The predicted molar refractivity (Wildman–Crippen MR) is 73.2 cm³/mol. The van der Waals surface area contributed by atoms with E-state index in [1.54, 1.807) is 12.1 Å². The Morgan fingerprint density at radius 3 is 2.52 bits per heavy atom. The third kappa shape index (κ3) is 4.05.